The van der Waals surface area contributed by atoms with E-state index in [-0.39, 0.29) is 18.5 Å². The van der Waals surface area contributed by atoms with Crippen molar-refractivity contribution in [2.75, 3.05) is 13.2 Å². The molecule has 0 atom stereocenters. The highest BCUT2D eigenvalue weighted by Gasteiger charge is 2.37. The zero-order valence-electron chi connectivity index (χ0n) is 9.70. The topological polar surface area (TPSA) is 104 Å². The predicted octanol–water partition coefficient (Wildman–Crippen LogP) is 1.93. The minimum Gasteiger partial charge on any atom is -0.304 e. The van der Waals surface area contributed by atoms with Gasteiger partial charge in [0.15, 0.2) is 0 Å². The summed E-state index contributed by atoms with van der Waals surface area (Å²) in [5.41, 5.74) is -0.985. The third kappa shape index (κ3) is 3.23. The van der Waals surface area contributed by atoms with Gasteiger partial charge in [0.05, 0.1) is 18.1 Å². The van der Waals surface area contributed by atoms with E-state index in [9.17, 15) is 14.7 Å². The van der Waals surface area contributed by atoms with Gasteiger partial charge in [-0.2, -0.15) is 0 Å². The van der Waals surface area contributed by atoms with Gasteiger partial charge >= 0.3 is 13.3 Å². The van der Waals surface area contributed by atoms with Crippen LogP contribution in [-0.4, -0.2) is 28.1 Å². The molecule has 0 spiro atoms. The number of rotatable bonds is 6. The van der Waals surface area contributed by atoms with E-state index in [0.29, 0.717) is 0 Å². The zero-order valence-corrected chi connectivity index (χ0v) is 11.3. The molecule has 0 aliphatic heterocycles. The molecule has 18 heavy (non-hydrogen) atoms. The van der Waals surface area contributed by atoms with Gasteiger partial charge in [0.25, 0.3) is 0 Å². The van der Waals surface area contributed by atoms with Crippen LogP contribution in [0.15, 0.2) is 6.20 Å². The Morgan fingerprint density at radius 1 is 1.44 bits per heavy atom. The largest absolute Gasteiger partial charge is 0.386 e. The summed E-state index contributed by atoms with van der Waals surface area (Å²) < 4.78 is 22.4. The highest BCUT2D eigenvalue weighted by atomic mass is 35.5. The summed E-state index contributed by atoms with van der Waals surface area (Å²) >= 11 is 5.55. The van der Waals surface area contributed by atoms with Crippen molar-refractivity contribution in [3.63, 3.8) is 0 Å². The summed E-state index contributed by atoms with van der Waals surface area (Å²) in [5.74, 6) is 0. The second kappa shape index (κ2) is 6.19. The fraction of sp³-hybridized carbons (Fsp3) is 0.500. The van der Waals surface area contributed by atoms with E-state index in [1.165, 1.54) is 0 Å². The molecule has 0 N–H and O–H groups in total. The van der Waals surface area contributed by atoms with Crippen molar-refractivity contribution in [1.82, 2.24) is 9.97 Å². The van der Waals surface area contributed by atoms with Crippen LogP contribution in [0.5, 0.6) is 0 Å². The highest BCUT2D eigenvalue weighted by Crippen LogP contribution is 2.48. The van der Waals surface area contributed by atoms with Gasteiger partial charge < -0.3 is 9.05 Å². The zero-order chi connectivity index (χ0) is 13.8. The van der Waals surface area contributed by atoms with Gasteiger partial charge in [-0.25, -0.2) is 9.97 Å². The fourth-order valence-corrected chi connectivity index (χ4v) is 3.00. The first-order valence-electron chi connectivity index (χ1n) is 5.01. The van der Waals surface area contributed by atoms with E-state index < -0.39 is 23.6 Å². The van der Waals surface area contributed by atoms with Crippen LogP contribution in [0.3, 0.4) is 0 Å². The molecule has 1 rings (SSSR count). The lowest BCUT2D eigenvalue weighted by atomic mass is 10.6. The maximum Gasteiger partial charge on any atom is 0.386 e. The van der Waals surface area contributed by atoms with Crippen LogP contribution in [0.1, 0.15) is 13.8 Å². The van der Waals surface area contributed by atoms with E-state index in [4.69, 9.17) is 20.6 Å². The first-order valence-corrected chi connectivity index (χ1v) is 6.93. The summed E-state index contributed by atoms with van der Waals surface area (Å²) in [7, 11) is -3.87. The van der Waals surface area contributed by atoms with Gasteiger partial charge in [-0.15, -0.1) is 0 Å². The van der Waals surface area contributed by atoms with Gasteiger partial charge in [-0.3, -0.25) is 14.7 Å². The Labute approximate surface area is 108 Å². The minimum atomic E-state index is -3.87. The molecular weight excluding hydrogens is 285 g/mol. The van der Waals surface area contributed by atoms with E-state index >= 15 is 0 Å². The second-order valence-corrected chi connectivity index (χ2v) is 5.21. The Kier molecular flexibility index (Phi) is 5.15. The second-order valence-electron chi connectivity index (χ2n) is 2.94. The van der Waals surface area contributed by atoms with E-state index in [0.717, 1.165) is 6.20 Å². The molecule has 0 bridgehead atoms. The van der Waals surface area contributed by atoms with Gasteiger partial charge in [0.2, 0.25) is 10.7 Å². The Morgan fingerprint density at radius 3 is 2.44 bits per heavy atom. The van der Waals surface area contributed by atoms with Crippen LogP contribution in [0.2, 0.25) is 5.28 Å². The maximum atomic E-state index is 12.4. The molecular formula is C8H11ClN3O5P. The van der Waals surface area contributed by atoms with Crippen molar-refractivity contribution >= 4 is 30.3 Å². The average molecular weight is 296 g/mol. The molecule has 1 aromatic heterocycles. The van der Waals surface area contributed by atoms with E-state index in [2.05, 4.69) is 9.97 Å². The molecule has 8 nitrogen and oxygen atoms in total. The van der Waals surface area contributed by atoms with E-state index in [1.54, 1.807) is 13.8 Å². The van der Waals surface area contributed by atoms with Crippen molar-refractivity contribution in [2.45, 2.75) is 13.8 Å². The Hall–Kier alpha value is -1.08. The highest BCUT2D eigenvalue weighted by molar-refractivity contribution is 7.62. The van der Waals surface area contributed by atoms with Crippen LogP contribution < -0.4 is 5.44 Å². The molecule has 0 radical (unpaired) electrons. The lowest BCUT2D eigenvalue weighted by molar-refractivity contribution is -0.384. The summed E-state index contributed by atoms with van der Waals surface area (Å²) in [5, 5.41) is 10.6. The summed E-state index contributed by atoms with van der Waals surface area (Å²) in [4.78, 5) is 17.1. The third-order valence-electron chi connectivity index (χ3n) is 1.77. The summed E-state index contributed by atoms with van der Waals surface area (Å²) in [6.45, 7) is 3.27. The Morgan fingerprint density at radius 2 is 2.00 bits per heavy atom. The van der Waals surface area contributed by atoms with Crippen LogP contribution in [0.25, 0.3) is 0 Å². The first-order chi connectivity index (χ1) is 8.44. The van der Waals surface area contributed by atoms with Crippen molar-refractivity contribution < 1.29 is 18.5 Å². The molecule has 100 valence electrons. The molecule has 1 aromatic rings. The molecule has 0 aromatic carbocycles. The third-order valence-corrected chi connectivity index (χ3v) is 4.00. The summed E-state index contributed by atoms with van der Waals surface area (Å²) in [6.07, 6.45) is 0.870. The molecule has 0 saturated heterocycles. The molecule has 0 saturated carbocycles. The number of halogens is 1. The lowest BCUT2D eigenvalue weighted by Crippen LogP contribution is -2.19. The summed E-state index contributed by atoms with van der Waals surface area (Å²) in [6, 6.07) is 0. The molecule has 0 aliphatic carbocycles. The molecule has 0 amide bonds. The Balaban J connectivity index is 3.39. The normalized spacial score (nSPS) is 11.5. The molecule has 10 heteroatoms. The van der Waals surface area contributed by atoms with Crippen LogP contribution >= 0.6 is 19.2 Å². The monoisotopic (exact) mass is 295 g/mol. The van der Waals surface area contributed by atoms with E-state index in [1.807, 2.05) is 0 Å². The van der Waals surface area contributed by atoms with Crippen molar-refractivity contribution in [2.24, 2.45) is 0 Å². The van der Waals surface area contributed by atoms with Crippen LogP contribution in [0.4, 0.5) is 5.69 Å². The van der Waals surface area contributed by atoms with Crippen molar-refractivity contribution in [3.05, 3.63) is 21.6 Å². The lowest BCUT2D eigenvalue weighted by Gasteiger charge is -2.15. The fourth-order valence-electron chi connectivity index (χ4n) is 1.18. The SMILES string of the molecule is CCOP(=O)(OCC)c1nc(Cl)ncc1[N+](=O)[O-]. The van der Waals surface area contributed by atoms with Crippen LogP contribution in [-0.2, 0) is 13.6 Å². The van der Waals surface area contributed by atoms with Gasteiger partial charge in [-0.1, -0.05) is 0 Å². The van der Waals surface area contributed by atoms with Crippen molar-refractivity contribution in [3.8, 4) is 0 Å². The number of hydrogen-bond donors (Lipinski definition) is 0. The van der Waals surface area contributed by atoms with Crippen LogP contribution in [0, 0.1) is 10.1 Å². The quantitative estimate of drug-likeness (QED) is 0.342. The van der Waals surface area contributed by atoms with Gasteiger partial charge in [0.1, 0.15) is 6.20 Å². The standard InChI is InChI=1S/C8H11ClN3O5P/c1-3-16-18(15,17-4-2)7-6(12(13)14)5-10-8(9)11-7/h5H,3-4H2,1-2H3. The molecule has 0 unspecified atom stereocenters. The molecule has 1 heterocycles. The maximum absolute atomic E-state index is 12.4. The number of aromatic nitrogens is 2. The molecule has 0 fully saturated rings. The first kappa shape index (κ1) is 15.0. The Bertz CT molecular complexity index is 488. The minimum absolute atomic E-state index is 0.0516. The smallest absolute Gasteiger partial charge is 0.304 e. The number of nitro groups is 1. The van der Waals surface area contributed by atoms with Gasteiger partial charge in [0, 0.05) is 0 Å². The van der Waals surface area contributed by atoms with Gasteiger partial charge in [-0.05, 0) is 25.4 Å². The number of nitrogens with zero attached hydrogens (tertiary/aromatic N) is 3. The van der Waals surface area contributed by atoms with Crippen molar-refractivity contribution in [1.29, 1.82) is 0 Å². The predicted molar refractivity (Wildman–Crippen MR) is 64.2 cm³/mol. The molecule has 0 aliphatic rings. The number of hydrogen-bond acceptors (Lipinski definition) is 7. The average Bonchev–Trinajstić information content (AvgIpc) is 2.29.